The largest absolute Gasteiger partial charge is 0.366 e. The minimum Gasteiger partial charge on any atom is -0.366 e. The number of hydrogen-bond acceptors (Lipinski definition) is 2. The van der Waals surface area contributed by atoms with Gasteiger partial charge in [0.1, 0.15) is 0 Å². The highest BCUT2D eigenvalue weighted by Gasteiger charge is 2.07. The van der Waals surface area contributed by atoms with E-state index >= 15 is 0 Å². The molecule has 1 heterocycles. The van der Waals surface area contributed by atoms with Crippen LogP contribution in [-0.4, -0.2) is 15.3 Å². The van der Waals surface area contributed by atoms with Crippen LogP contribution in [0.15, 0.2) is 29.1 Å². The summed E-state index contributed by atoms with van der Waals surface area (Å²) >= 11 is 0. The second kappa shape index (κ2) is 3.93. The van der Waals surface area contributed by atoms with Crippen molar-refractivity contribution in [3.05, 3.63) is 51.9 Å². The minimum atomic E-state index is -0.535. The SMILES string of the molecule is Cc1cc(=O)n(-c2c[c]c(C(N)=O)cc2)n1C. The molecule has 2 aromatic rings. The Morgan fingerprint density at radius 2 is 2.12 bits per heavy atom. The van der Waals surface area contributed by atoms with Gasteiger partial charge < -0.3 is 5.73 Å². The van der Waals surface area contributed by atoms with Crippen LogP contribution in [0.1, 0.15) is 16.1 Å². The number of nitrogens with zero attached hydrogens (tertiary/aromatic N) is 2. The number of amides is 1. The molecular weight excluding hydrogens is 218 g/mol. The zero-order chi connectivity index (χ0) is 12.6. The van der Waals surface area contributed by atoms with Crippen LogP contribution in [0.2, 0.25) is 0 Å². The quantitative estimate of drug-likeness (QED) is 0.810. The molecule has 0 aliphatic heterocycles. The van der Waals surface area contributed by atoms with Gasteiger partial charge in [0.2, 0.25) is 5.91 Å². The zero-order valence-corrected chi connectivity index (χ0v) is 9.60. The third kappa shape index (κ3) is 1.87. The average molecular weight is 230 g/mol. The van der Waals surface area contributed by atoms with Gasteiger partial charge in [0, 0.05) is 24.4 Å². The fourth-order valence-corrected chi connectivity index (χ4v) is 1.64. The van der Waals surface area contributed by atoms with E-state index in [0.717, 1.165) is 5.69 Å². The van der Waals surface area contributed by atoms with E-state index in [4.69, 9.17) is 5.73 Å². The number of rotatable bonds is 2. The third-order valence-electron chi connectivity index (χ3n) is 2.66. The van der Waals surface area contributed by atoms with Crippen LogP contribution < -0.4 is 11.3 Å². The Hall–Kier alpha value is -2.30. The smallest absolute Gasteiger partial charge is 0.271 e. The number of hydrogen-bond donors (Lipinski definition) is 1. The molecule has 2 N–H and O–H groups in total. The summed E-state index contributed by atoms with van der Waals surface area (Å²) in [4.78, 5) is 22.6. The molecule has 2 rings (SSSR count). The van der Waals surface area contributed by atoms with Gasteiger partial charge in [-0.05, 0) is 31.2 Å². The number of carbonyl (C=O) groups excluding carboxylic acids is 1. The van der Waals surface area contributed by atoms with Crippen molar-refractivity contribution in [2.45, 2.75) is 6.92 Å². The van der Waals surface area contributed by atoms with Crippen molar-refractivity contribution in [1.82, 2.24) is 9.36 Å². The maximum Gasteiger partial charge on any atom is 0.271 e. The highest BCUT2D eigenvalue weighted by Crippen LogP contribution is 2.08. The maximum atomic E-state index is 11.7. The van der Waals surface area contributed by atoms with Crippen LogP contribution in [0, 0.1) is 13.0 Å². The summed E-state index contributed by atoms with van der Waals surface area (Å²) in [5.41, 5.74) is 6.81. The Balaban J connectivity index is 2.54. The molecule has 1 aromatic heterocycles. The molecule has 0 saturated heterocycles. The Morgan fingerprint density at radius 3 is 2.53 bits per heavy atom. The van der Waals surface area contributed by atoms with E-state index in [1.807, 2.05) is 6.92 Å². The van der Waals surface area contributed by atoms with Crippen molar-refractivity contribution in [3.8, 4) is 5.69 Å². The van der Waals surface area contributed by atoms with Gasteiger partial charge in [-0.2, -0.15) is 0 Å². The zero-order valence-electron chi connectivity index (χ0n) is 9.60. The van der Waals surface area contributed by atoms with Crippen molar-refractivity contribution in [1.29, 1.82) is 0 Å². The number of aryl methyl sites for hydroxylation is 1. The molecule has 1 amide bonds. The molecule has 0 atom stereocenters. The second-order valence-corrected chi connectivity index (χ2v) is 3.78. The normalized spacial score (nSPS) is 10.5. The van der Waals surface area contributed by atoms with Gasteiger partial charge in [-0.3, -0.25) is 14.3 Å². The van der Waals surface area contributed by atoms with Crippen LogP contribution in [0.3, 0.4) is 0 Å². The highest BCUT2D eigenvalue weighted by atomic mass is 16.1. The first kappa shape index (κ1) is 11.2. The molecule has 17 heavy (non-hydrogen) atoms. The molecule has 5 nitrogen and oxygen atoms in total. The van der Waals surface area contributed by atoms with Crippen molar-refractivity contribution in [3.63, 3.8) is 0 Å². The van der Waals surface area contributed by atoms with E-state index in [9.17, 15) is 9.59 Å². The molecule has 0 saturated carbocycles. The number of aromatic nitrogens is 2. The third-order valence-corrected chi connectivity index (χ3v) is 2.66. The summed E-state index contributed by atoms with van der Waals surface area (Å²) < 4.78 is 3.23. The molecule has 0 aliphatic rings. The van der Waals surface area contributed by atoms with E-state index in [1.54, 1.807) is 36.0 Å². The lowest BCUT2D eigenvalue weighted by Gasteiger charge is -2.08. The van der Waals surface area contributed by atoms with Crippen molar-refractivity contribution in [2.75, 3.05) is 0 Å². The second-order valence-electron chi connectivity index (χ2n) is 3.78. The number of nitrogens with two attached hydrogens (primary N) is 1. The summed E-state index contributed by atoms with van der Waals surface area (Å²) in [6, 6.07) is 9.08. The first-order valence-electron chi connectivity index (χ1n) is 5.08. The molecule has 5 heteroatoms. The molecule has 0 fully saturated rings. The predicted molar refractivity (Wildman–Crippen MR) is 63.1 cm³/mol. The van der Waals surface area contributed by atoms with E-state index in [1.165, 1.54) is 4.68 Å². The molecule has 0 spiro atoms. The highest BCUT2D eigenvalue weighted by molar-refractivity contribution is 5.92. The molecule has 87 valence electrons. The van der Waals surface area contributed by atoms with Gasteiger partial charge in [-0.1, -0.05) is 0 Å². The fraction of sp³-hybridized carbons (Fsp3) is 0.167. The van der Waals surface area contributed by atoms with Crippen LogP contribution in [-0.2, 0) is 7.05 Å². The number of benzene rings is 1. The van der Waals surface area contributed by atoms with E-state index in [0.29, 0.717) is 11.3 Å². The van der Waals surface area contributed by atoms with Gasteiger partial charge >= 0.3 is 0 Å². The maximum absolute atomic E-state index is 11.7. The van der Waals surface area contributed by atoms with E-state index < -0.39 is 5.91 Å². The lowest BCUT2D eigenvalue weighted by molar-refractivity contribution is 0.1000. The standard InChI is InChI=1S/C12H12N3O2/c1-8-7-11(16)15(14(8)2)10-5-3-9(4-6-10)12(13)17/h3,5-7H,1-2H3,(H2,13,17). The number of primary amides is 1. The summed E-state index contributed by atoms with van der Waals surface area (Å²) in [5, 5.41) is 0. The summed E-state index contributed by atoms with van der Waals surface area (Å²) in [7, 11) is 1.79. The Morgan fingerprint density at radius 1 is 1.41 bits per heavy atom. The molecular formula is C12H12N3O2. The molecule has 0 bridgehead atoms. The van der Waals surface area contributed by atoms with Crippen LogP contribution >= 0.6 is 0 Å². The van der Waals surface area contributed by atoms with Gasteiger partial charge in [0.05, 0.1) is 5.69 Å². The van der Waals surface area contributed by atoms with Gasteiger partial charge in [0.25, 0.3) is 5.56 Å². The molecule has 1 radical (unpaired) electrons. The average Bonchev–Trinajstić information content (AvgIpc) is 2.53. The first-order valence-corrected chi connectivity index (χ1v) is 5.08. The Labute approximate surface area is 98.1 Å². The Kier molecular flexibility index (Phi) is 2.59. The van der Waals surface area contributed by atoms with Crippen LogP contribution in [0.5, 0.6) is 0 Å². The van der Waals surface area contributed by atoms with Gasteiger partial charge in [-0.15, -0.1) is 0 Å². The molecule has 0 unspecified atom stereocenters. The minimum absolute atomic E-state index is 0.120. The molecule has 0 aliphatic carbocycles. The fourth-order valence-electron chi connectivity index (χ4n) is 1.64. The van der Waals surface area contributed by atoms with Crippen LogP contribution in [0.25, 0.3) is 5.69 Å². The lowest BCUT2D eigenvalue weighted by Crippen LogP contribution is -2.19. The summed E-state index contributed by atoms with van der Waals surface area (Å²) in [6.07, 6.45) is 0. The van der Waals surface area contributed by atoms with E-state index in [-0.39, 0.29) is 5.56 Å². The Bertz CT molecular complexity index is 620. The monoisotopic (exact) mass is 230 g/mol. The predicted octanol–water partition coefficient (Wildman–Crippen LogP) is 0.384. The lowest BCUT2D eigenvalue weighted by atomic mass is 10.2. The van der Waals surface area contributed by atoms with Crippen molar-refractivity contribution < 1.29 is 4.79 Å². The first-order chi connectivity index (χ1) is 8.00. The van der Waals surface area contributed by atoms with Crippen LogP contribution in [0.4, 0.5) is 0 Å². The van der Waals surface area contributed by atoms with Gasteiger partial charge in [-0.25, -0.2) is 4.68 Å². The summed E-state index contributed by atoms with van der Waals surface area (Å²) in [5.74, 6) is -0.535. The molecule has 1 aromatic carbocycles. The number of carbonyl (C=O) groups is 1. The van der Waals surface area contributed by atoms with E-state index in [2.05, 4.69) is 6.07 Å². The summed E-state index contributed by atoms with van der Waals surface area (Å²) in [6.45, 7) is 1.85. The topological polar surface area (TPSA) is 70.0 Å². The van der Waals surface area contributed by atoms with Crippen molar-refractivity contribution in [2.24, 2.45) is 12.8 Å². The van der Waals surface area contributed by atoms with Crippen molar-refractivity contribution >= 4 is 5.91 Å². The van der Waals surface area contributed by atoms with Gasteiger partial charge in [0.15, 0.2) is 0 Å².